The Bertz CT molecular complexity index is 765. The van der Waals surface area contributed by atoms with Crippen LogP contribution in [0.15, 0.2) is 24.3 Å². The topological polar surface area (TPSA) is 64.0 Å². The lowest BCUT2D eigenvalue weighted by atomic mass is 10.2. The van der Waals surface area contributed by atoms with Crippen LogP contribution in [0.3, 0.4) is 0 Å². The van der Waals surface area contributed by atoms with Gasteiger partial charge in [-0.05, 0) is 38.3 Å². The van der Waals surface area contributed by atoms with Gasteiger partial charge in [0.25, 0.3) is 5.91 Å². The number of benzene rings is 1. The van der Waals surface area contributed by atoms with Crippen LogP contribution >= 0.6 is 0 Å². The number of nitrogens with zero attached hydrogens (tertiary/aromatic N) is 2. The van der Waals surface area contributed by atoms with Crippen molar-refractivity contribution >= 4 is 16.7 Å². The monoisotopic (exact) mass is 345 g/mol. The fourth-order valence-electron chi connectivity index (χ4n) is 3.03. The molecule has 24 heavy (non-hydrogen) atoms. The third-order valence-electron chi connectivity index (χ3n) is 4.36. The molecule has 1 aliphatic rings. The molecule has 0 unspecified atom stereocenters. The quantitative estimate of drug-likeness (QED) is 0.873. The van der Waals surface area contributed by atoms with Crippen LogP contribution in [0.5, 0.6) is 0 Å². The average molecular weight is 345 g/mol. The third-order valence-corrected chi connectivity index (χ3v) is 5.66. The van der Waals surface area contributed by atoms with E-state index in [4.69, 9.17) is 0 Å². The summed E-state index contributed by atoms with van der Waals surface area (Å²) in [5.74, 6) is 0.947. The van der Waals surface area contributed by atoms with Gasteiger partial charge < -0.3 is 5.32 Å². The summed E-state index contributed by atoms with van der Waals surface area (Å²) in [6.45, 7) is 4.36. The molecule has 1 amide bonds. The highest BCUT2D eigenvalue weighted by Gasteiger charge is 2.26. The van der Waals surface area contributed by atoms with Crippen molar-refractivity contribution in [3.05, 3.63) is 46.8 Å². The molecule has 0 aliphatic heterocycles. The average Bonchev–Trinajstić information content (AvgIpc) is 3.17. The van der Waals surface area contributed by atoms with Crippen LogP contribution in [-0.2, 0) is 23.6 Å². The molecule has 3 rings (SSSR count). The smallest absolute Gasteiger partial charge is 0.272 e. The van der Waals surface area contributed by atoms with Crippen LogP contribution in [-0.4, -0.2) is 37.9 Å². The molecule has 128 valence electrons. The minimum atomic E-state index is -0.866. The molecule has 6 heteroatoms. The summed E-state index contributed by atoms with van der Waals surface area (Å²) in [6, 6.07) is 8.18. The molecule has 0 spiro atoms. The number of hydrogen-bond donors (Lipinski definition) is 1. The van der Waals surface area contributed by atoms with E-state index < -0.39 is 10.8 Å². The van der Waals surface area contributed by atoms with E-state index in [1.807, 2.05) is 23.7 Å². The molecule has 1 N–H and O–H groups in total. The van der Waals surface area contributed by atoms with E-state index in [1.54, 1.807) is 0 Å². The number of nitrogens with one attached hydrogen (secondary N) is 1. The largest absolute Gasteiger partial charge is 0.350 e. The maximum Gasteiger partial charge on any atom is 0.272 e. The van der Waals surface area contributed by atoms with Crippen molar-refractivity contribution < 1.29 is 9.00 Å². The Kier molecular flexibility index (Phi) is 5.14. The van der Waals surface area contributed by atoms with Crippen LogP contribution in [0.4, 0.5) is 0 Å². The first kappa shape index (κ1) is 16.9. The Morgan fingerprint density at radius 1 is 1.29 bits per heavy atom. The second-order valence-corrected chi connectivity index (χ2v) is 7.93. The third kappa shape index (κ3) is 3.43. The maximum atomic E-state index is 12.5. The molecule has 0 saturated heterocycles. The number of fused-ring (bicyclic) bond motifs is 1. The van der Waals surface area contributed by atoms with Crippen LogP contribution in [0.25, 0.3) is 5.69 Å². The fourth-order valence-corrected chi connectivity index (χ4v) is 3.64. The number of carbonyl (C=O) groups is 1. The molecule has 0 saturated carbocycles. The minimum Gasteiger partial charge on any atom is -0.350 e. The summed E-state index contributed by atoms with van der Waals surface area (Å²) in [5, 5.41) is 7.44. The van der Waals surface area contributed by atoms with Gasteiger partial charge in [-0.3, -0.25) is 9.00 Å². The first-order valence-electron chi connectivity index (χ1n) is 8.41. The van der Waals surface area contributed by atoms with Gasteiger partial charge in [-0.25, -0.2) is 4.68 Å². The van der Waals surface area contributed by atoms with Crippen molar-refractivity contribution in [1.29, 1.82) is 0 Å². The van der Waals surface area contributed by atoms with Crippen molar-refractivity contribution in [2.45, 2.75) is 33.1 Å². The van der Waals surface area contributed by atoms with Crippen LogP contribution in [0, 0.1) is 6.92 Å². The van der Waals surface area contributed by atoms with Crippen molar-refractivity contribution in [2.24, 2.45) is 0 Å². The number of carbonyl (C=O) groups excluding carboxylic acids is 1. The molecule has 0 bridgehead atoms. The molecular formula is C18H23N3O2S. The molecule has 1 heterocycles. The van der Waals surface area contributed by atoms with Crippen molar-refractivity contribution in [1.82, 2.24) is 15.1 Å². The minimum absolute atomic E-state index is 0.160. The highest BCUT2D eigenvalue weighted by Crippen LogP contribution is 2.27. The van der Waals surface area contributed by atoms with Gasteiger partial charge in [0.05, 0.1) is 5.69 Å². The summed E-state index contributed by atoms with van der Waals surface area (Å²) >= 11 is 0. The number of rotatable bonds is 6. The van der Waals surface area contributed by atoms with Gasteiger partial charge in [-0.2, -0.15) is 5.10 Å². The molecule has 1 aliphatic carbocycles. The van der Waals surface area contributed by atoms with Gasteiger partial charge in [0.1, 0.15) is 0 Å². The van der Waals surface area contributed by atoms with Crippen molar-refractivity contribution in [2.75, 3.05) is 18.1 Å². The van der Waals surface area contributed by atoms with E-state index in [9.17, 15) is 9.00 Å². The summed E-state index contributed by atoms with van der Waals surface area (Å²) < 4.78 is 13.4. The Morgan fingerprint density at radius 3 is 2.75 bits per heavy atom. The Hall–Kier alpha value is -1.95. The first-order valence-corrected chi connectivity index (χ1v) is 9.90. The Balaban J connectivity index is 1.82. The number of hydrogen-bond acceptors (Lipinski definition) is 3. The first-order chi connectivity index (χ1) is 11.6. The standard InChI is InChI=1S/C18H23N3O2S/c1-3-24(23)12-11-19-18(22)17-15-5-4-6-16(15)21(20-17)14-9-7-13(2)8-10-14/h7-10H,3-6,11-12H2,1-2H3,(H,19,22)/t24-/m0/s1. The van der Waals surface area contributed by atoms with E-state index in [-0.39, 0.29) is 5.91 Å². The normalized spacial score (nSPS) is 14.4. The fraction of sp³-hybridized carbons (Fsp3) is 0.444. The Morgan fingerprint density at radius 2 is 2.04 bits per heavy atom. The van der Waals surface area contributed by atoms with E-state index in [0.717, 1.165) is 36.2 Å². The molecule has 2 aromatic rings. The Labute approximate surface area is 144 Å². The van der Waals surface area contributed by atoms with E-state index in [1.165, 1.54) is 5.56 Å². The van der Waals surface area contributed by atoms with Crippen molar-refractivity contribution in [3.63, 3.8) is 0 Å². The second-order valence-electron chi connectivity index (χ2n) is 6.06. The zero-order valence-electron chi connectivity index (χ0n) is 14.2. The second kappa shape index (κ2) is 7.30. The van der Waals surface area contributed by atoms with Gasteiger partial charge in [0.2, 0.25) is 0 Å². The summed E-state index contributed by atoms with van der Waals surface area (Å²) in [6.07, 6.45) is 2.90. The maximum absolute atomic E-state index is 12.5. The van der Waals surface area contributed by atoms with Gasteiger partial charge in [-0.15, -0.1) is 0 Å². The van der Waals surface area contributed by atoms with Crippen LogP contribution in [0.2, 0.25) is 0 Å². The van der Waals surface area contributed by atoms with E-state index >= 15 is 0 Å². The summed E-state index contributed by atoms with van der Waals surface area (Å²) in [7, 11) is -0.866. The zero-order valence-corrected chi connectivity index (χ0v) is 15.0. The number of aromatic nitrogens is 2. The molecule has 5 nitrogen and oxygen atoms in total. The van der Waals surface area contributed by atoms with Crippen LogP contribution in [0.1, 0.15) is 40.7 Å². The van der Waals surface area contributed by atoms with Gasteiger partial charge in [-0.1, -0.05) is 24.6 Å². The molecule has 0 fully saturated rings. The molecule has 1 aromatic carbocycles. The van der Waals surface area contributed by atoms with Gasteiger partial charge >= 0.3 is 0 Å². The lowest BCUT2D eigenvalue weighted by molar-refractivity contribution is 0.0950. The highest BCUT2D eigenvalue weighted by molar-refractivity contribution is 7.84. The van der Waals surface area contributed by atoms with Crippen molar-refractivity contribution in [3.8, 4) is 5.69 Å². The van der Waals surface area contributed by atoms with Gasteiger partial charge in [0, 0.05) is 40.1 Å². The summed E-state index contributed by atoms with van der Waals surface area (Å²) in [5.41, 5.74) is 4.91. The molecule has 0 radical (unpaired) electrons. The number of aryl methyl sites for hydroxylation is 1. The predicted octanol–water partition coefficient (Wildman–Crippen LogP) is 2.17. The number of amides is 1. The zero-order chi connectivity index (χ0) is 17.1. The SMILES string of the molecule is CC[S@](=O)CCNC(=O)c1nn(-c2ccc(C)cc2)c2c1CCC2. The molecule has 1 aromatic heterocycles. The van der Waals surface area contributed by atoms with Crippen LogP contribution < -0.4 is 5.32 Å². The predicted molar refractivity (Wildman–Crippen MR) is 96.2 cm³/mol. The van der Waals surface area contributed by atoms with E-state index in [2.05, 4.69) is 29.5 Å². The summed E-state index contributed by atoms with van der Waals surface area (Å²) in [4.78, 5) is 12.5. The molecule has 1 atom stereocenters. The molecular weight excluding hydrogens is 322 g/mol. The van der Waals surface area contributed by atoms with Gasteiger partial charge in [0.15, 0.2) is 5.69 Å². The lowest BCUT2D eigenvalue weighted by Gasteiger charge is -2.06. The van der Waals surface area contributed by atoms with E-state index in [0.29, 0.717) is 23.7 Å². The lowest BCUT2D eigenvalue weighted by Crippen LogP contribution is -2.29. The highest BCUT2D eigenvalue weighted by atomic mass is 32.2.